The molecule has 5 heteroatoms. The van der Waals surface area contributed by atoms with Gasteiger partial charge in [0, 0.05) is 0 Å². The summed E-state index contributed by atoms with van der Waals surface area (Å²) in [6, 6.07) is 11.3. The maximum Gasteiger partial charge on any atom is 0.172 e. The minimum absolute atomic E-state index is 0.0615. The molecule has 3 nitrogen and oxygen atoms in total. The minimum Gasteiger partial charge on any atom is -0.504 e. The fourth-order valence-corrected chi connectivity index (χ4v) is 4.22. The van der Waals surface area contributed by atoms with Gasteiger partial charge in [-0.1, -0.05) is 36.9 Å². The maximum atomic E-state index is 10.1. The van der Waals surface area contributed by atoms with Gasteiger partial charge in [0.05, 0.1) is 15.1 Å². The molecule has 3 rings (SSSR count). The Labute approximate surface area is 124 Å². The molecule has 2 aromatic carbocycles. The molecule has 0 saturated heterocycles. The second-order valence-corrected chi connectivity index (χ2v) is 6.61. The van der Waals surface area contributed by atoms with Crippen LogP contribution < -0.4 is 0 Å². The van der Waals surface area contributed by atoms with E-state index in [1.807, 2.05) is 37.3 Å². The summed E-state index contributed by atoms with van der Waals surface area (Å²) in [4.78, 5) is 5.23. The Bertz CT molecular complexity index is 735. The van der Waals surface area contributed by atoms with Crippen molar-refractivity contribution in [1.82, 2.24) is 4.98 Å². The Morgan fingerprint density at radius 2 is 1.95 bits per heavy atom. The molecule has 0 aliphatic carbocycles. The molecule has 0 saturated carbocycles. The number of nitrogens with zero attached hydrogens (tertiary/aromatic N) is 1. The quantitative estimate of drug-likeness (QED) is 0.703. The first-order valence-electron chi connectivity index (χ1n) is 6.26. The minimum atomic E-state index is -0.0918. The van der Waals surface area contributed by atoms with Crippen LogP contribution in [0.25, 0.3) is 10.2 Å². The van der Waals surface area contributed by atoms with Gasteiger partial charge in [-0.05, 0) is 30.2 Å². The van der Waals surface area contributed by atoms with Crippen LogP contribution in [0.1, 0.15) is 12.5 Å². The molecule has 1 aromatic heterocycles. The van der Waals surface area contributed by atoms with E-state index in [1.165, 1.54) is 17.8 Å². The Balaban J connectivity index is 2.04. The van der Waals surface area contributed by atoms with E-state index in [-0.39, 0.29) is 11.5 Å². The lowest BCUT2D eigenvalue weighted by molar-refractivity contribution is 0.394. The molecule has 3 aromatic rings. The van der Waals surface area contributed by atoms with Gasteiger partial charge < -0.3 is 10.2 Å². The molecular formula is C15H13NO2S2. The number of thiazole rings is 1. The average Bonchev–Trinajstić information content (AvgIpc) is 2.86. The molecule has 2 N–H and O–H groups in total. The van der Waals surface area contributed by atoms with Gasteiger partial charge in [0.1, 0.15) is 0 Å². The largest absolute Gasteiger partial charge is 0.504 e. The summed E-state index contributed by atoms with van der Waals surface area (Å²) in [6.07, 6.45) is 0.793. The summed E-state index contributed by atoms with van der Waals surface area (Å²) in [5, 5.41) is 19.7. The highest BCUT2D eigenvalue weighted by Gasteiger charge is 2.15. The van der Waals surface area contributed by atoms with Gasteiger partial charge in [-0.3, -0.25) is 0 Å². The number of phenolic OH excluding ortho intramolecular Hbond substituents is 2. The molecule has 0 aliphatic heterocycles. The van der Waals surface area contributed by atoms with Crippen molar-refractivity contribution in [2.24, 2.45) is 0 Å². The van der Waals surface area contributed by atoms with Crippen molar-refractivity contribution in [2.45, 2.75) is 22.6 Å². The van der Waals surface area contributed by atoms with Crippen LogP contribution in [0, 0.1) is 0 Å². The molecule has 0 bridgehead atoms. The second-order valence-electron chi connectivity index (χ2n) is 4.32. The third-order valence-corrected chi connectivity index (χ3v) is 5.29. The first-order chi connectivity index (χ1) is 9.69. The van der Waals surface area contributed by atoms with Crippen molar-refractivity contribution in [2.75, 3.05) is 0 Å². The average molecular weight is 303 g/mol. The molecule has 0 atom stereocenters. The van der Waals surface area contributed by atoms with Crippen LogP contribution in [-0.4, -0.2) is 15.2 Å². The van der Waals surface area contributed by atoms with Crippen LogP contribution in [0.5, 0.6) is 11.5 Å². The zero-order valence-electron chi connectivity index (χ0n) is 10.8. The molecule has 0 fully saturated rings. The molecule has 0 radical (unpaired) electrons. The summed E-state index contributed by atoms with van der Waals surface area (Å²) >= 11 is 2.99. The smallest absolute Gasteiger partial charge is 0.172 e. The third kappa shape index (κ3) is 2.34. The summed E-state index contributed by atoms with van der Waals surface area (Å²) in [5.41, 5.74) is 1.96. The number of aryl methyl sites for hydroxylation is 1. The molecule has 0 aliphatic rings. The van der Waals surface area contributed by atoms with E-state index < -0.39 is 0 Å². The van der Waals surface area contributed by atoms with E-state index in [0.29, 0.717) is 4.90 Å². The summed E-state index contributed by atoms with van der Waals surface area (Å²) < 4.78 is 1.98. The number of rotatable bonds is 3. The first kappa shape index (κ1) is 13.3. The zero-order valence-corrected chi connectivity index (χ0v) is 12.5. The van der Waals surface area contributed by atoms with Crippen molar-refractivity contribution >= 4 is 33.3 Å². The molecule has 0 amide bonds. The number of hydrogen-bond donors (Lipinski definition) is 2. The fourth-order valence-electron chi connectivity index (χ4n) is 1.98. The van der Waals surface area contributed by atoms with Gasteiger partial charge in [-0.15, -0.1) is 11.3 Å². The number of phenols is 2. The van der Waals surface area contributed by atoms with Gasteiger partial charge in [0.15, 0.2) is 15.8 Å². The van der Waals surface area contributed by atoms with E-state index in [2.05, 4.69) is 4.98 Å². The van der Waals surface area contributed by atoms with Crippen LogP contribution in [0.2, 0.25) is 0 Å². The predicted molar refractivity (Wildman–Crippen MR) is 82.9 cm³/mol. The topological polar surface area (TPSA) is 53.4 Å². The number of para-hydroxylation sites is 1. The second kappa shape index (κ2) is 5.34. The van der Waals surface area contributed by atoms with Crippen LogP contribution in [-0.2, 0) is 6.42 Å². The highest BCUT2D eigenvalue weighted by atomic mass is 32.2. The Morgan fingerprint density at radius 1 is 1.15 bits per heavy atom. The van der Waals surface area contributed by atoms with E-state index in [1.54, 1.807) is 11.3 Å². The SMILES string of the molecule is CCc1ccc(O)c(O)c1Sc1nc2ccccc2s1. The zero-order chi connectivity index (χ0) is 14.1. The number of hydrogen-bond acceptors (Lipinski definition) is 5. The van der Waals surface area contributed by atoms with Crippen molar-refractivity contribution in [3.05, 3.63) is 42.0 Å². The van der Waals surface area contributed by atoms with Crippen LogP contribution in [0.15, 0.2) is 45.6 Å². The summed E-state index contributed by atoms with van der Waals surface area (Å²) in [7, 11) is 0. The molecule has 20 heavy (non-hydrogen) atoms. The molecule has 1 heterocycles. The van der Waals surface area contributed by atoms with Crippen molar-refractivity contribution in [1.29, 1.82) is 0 Å². The van der Waals surface area contributed by atoms with Crippen molar-refractivity contribution in [3.8, 4) is 11.5 Å². The maximum absolute atomic E-state index is 10.1. The predicted octanol–water partition coefficient (Wildman–Crippen LogP) is 4.42. The van der Waals surface area contributed by atoms with Crippen LogP contribution in [0.4, 0.5) is 0 Å². The van der Waals surface area contributed by atoms with E-state index in [0.717, 1.165) is 26.5 Å². The van der Waals surface area contributed by atoms with Crippen LogP contribution >= 0.6 is 23.1 Å². The van der Waals surface area contributed by atoms with Crippen molar-refractivity contribution < 1.29 is 10.2 Å². The fraction of sp³-hybridized carbons (Fsp3) is 0.133. The standard InChI is InChI=1S/C15H13NO2S2/c1-2-9-7-8-11(17)13(18)14(9)20-15-16-10-5-3-4-6-12(10)19-15/h3-8,17-18H,2H2,1H3. The van der Waals surface area contributed by atoms with E-state index in [4.69, 9.17) is 0 Å². The first-order valence-corrected chi connectivity index (χ1v) is 7.89. The monoisotopic (exact) mass is 303 g/mol. The normalized spacial score (nSPS) is 11.1. The lowest BCUT2D eigenvalue weighted by atomic mass is 10.1. The van der Waals surface area contributed by atoms with Crippen molar-refractivity contribution in [3.63, 3.8) is 0 Å². The van der Waals surface area contributed by atoms with Crippen LogP contribution in [0.3, 0.4) is 0 Å². The highest BCUT2D eigenvalue weighted by Crippen LogP contribution is 2.44. The van der Waals surface area contributed by atoms with Gasteiger partial charge in [0.2, 0.25) is 0 Å². The lowest BCUT2D eigenvalue weighted by Crippen LogP contribution is -1.86. The third-order valence-electron chi connectivity index (χ3n) is 3.04. The molecule has 0 spiro atoms. The number of aromatic nitrogens is 1. The number of aromatic hydroxyl groups is 2. The lowest BCUT2D eigenvalue weighted by Gasteiger charge is -2.09. The van der Waals surface area contributed by atoms with Gasteiger partial charge in [-0.25, -0.2) is 4.98 Å². The van der Waals surface area contributed by atoms with Gasteiger partial charge >= 0.3 is 0 Å². The Kier molecular flexibility index (Phi) is 3.54. The summed E-state index contributed by atoms with van der Waals surface area (Å²) in [5.74, 6) is -0.153. The van der Waals surface area contributed by atoms with E-state index in [9.17, 15) is 10.2 Å². The number of benzene rings is 2. The van der Waals surface area contributed by atoms with Gasteiger partial charge in [0.25, 0.3) is 0 Å². The Morgan fingerprint density at radius 3 is 2.70 bits per heavy atom. The number of fused-ring (bicyclic) bond motifs is 1. The highest BCUT2D eigenvalue weighted by molar-refractivity contribution is 8.01. The Hall–Kier alpha value is -1.72. The molecule has 102 valence electrons. The summed E-state index contributed by atoms with van der Waals surface area (Å²) in [6.45, 7) is 2.02. The molecule has 0 unspecified atom stereocenters. The molecular weight excluding hydrogens is 290 g/mol. The van der Waals surface area contributed by atoms with E-state index >= 15 is 0 Å². The van der Waals surface area contributed by atoms with Gasteiger partial charge in [-0.2, -0.15) is 0 Å².